The predicted octanol–water partition coefficient (Wildman–Crippen LogP) is 3.28. The Hall–Kier alpha value is -1.35. The van der Waals surface area contributed by atoms with Crippen LogP contribution in [0.5, 0.6) is 5.75 Å². The molecule has 0 N–H and O–H groups in total. The molecule has 0 aliphatic heterocycles. The van der Waals surface area contributed by atoms with Gasteiger partial charge in [0.1, 0.15) is 11.5 Å². The lowest BCUT2D eigenvalue weighted by Gasteiger charge is -2.26. The zero-order chi connectivity index (χ0) is 14.6. The molecule has 106 valence electrons. The summed E-state index contributed by atoms with van der Waals surface area (Å²) in [6, 6.07) is 4.60. The molecule has 1 atom stereocenters. The molecule has 0 bridgehead atoms. The molecule has 1 aromatic rings. The number of carbonyl (C=O) groups excluding carboxylic acids is 1. The number of benzene rings is 1. The molecule has 0 fully saturated rings. The maximum atomic E-state index is 11.2. The molecule has 3 nitrogen and oxygen atoms in total. The molecule has 0 spiro atoms. The molecule has 0 aromatic heterocycles. The van der Waals surface area contributed by atoms with Gasteiger partial charge in [0.05, 0.1) is 7.11 Å². The van der Waals surface area contributed by atoms with Gasteiger partial charge in [0.15, 0.2) is 0 Å². The van der Waals surface area contributed by atoms with Crippen molar-refractivity contribution < 1.29 is 9.53 Å². The lowest BCUT2D eigenvalue weighted by molar-refractivity contribution is -0.117. The van der Waals surface area contributed by atoms with Crippen LogP contribution in [0.2, 0.25) is 0 Å². The molecule has 3 heteroatoms. The Bertz CT molecular complexity index is 429. The molecule has 19 heavy (non-hydrogen) atoms. The van der Waals surface area contributed by atoms with Gasteiger partial charge in [-0.1, -0.05) is 12.1 Å². The third-order valence-electron chi connectivity index (χ3n) is 3.46. The summed E-state index contributed by atoms with van der Waals surface area (Å²) in [7, 11) is 5.81. The van der Waals surface area contributed by atoms with Gasteiger partial charge < -0.3 is 14.4 Å². The summed E-state index contributed by atoms with van der Waals surface area (Å²) >= 11 is 0. The standard InChI is InChI=1S/C16H25NO2/c1-11-9-14(10-12(2)16(11)19-6)15(17(4)5)8-7-13(3)18/h9-10,15H,7-8H2,1-6H3. The highest BCUT2D eigenvalue weighted by molar-refractivity contribution is 5.75. The fourth-order valence-electron chi connectivity index (χ4n) is 2.56. The molecule has 0 saturated carbocycles. The molecule has 0 amide bonds. The van der Waals surface area contributed by atoms with Crippen molar-refractivity contribution in [2.75, 3.05) is 21.2 Å². The van der Waals surface area contributed by atoms with E-state index in [1.807, 2.05) is 0 Å². The third kappa shape index (κ3) is 4.06. The highest BCUT2D eigenvalue weighted by Gasteiger charge is 2.17. The van der Waals surface area contributed by atoms with Gasteiger partial charge in [-0.15, -0.1) is 0 Å². The Morgan fingerprint density at radius 3 is 2.16 bits per heavy atom. The largest absolute Gasteiger partial charge is 0.496 e. The molecular formula is C16H25NO2. The van der Waals surface area contributed by atoms with Crippen molar-refractivity contribution in [1.82, 2.24) is 4.90 Å². The van der Waals surface area contributed by atoms with Crippen molar-refractivity contribution >= 4 is 5.78 Å². The van der Waals surface area contributed by atoms with E-state index in [4.69, 9.17) is 4.74 Å². The van der Waals surface area contributed by atoms with Gasteiger partial charge in [0.25, 0.3) is 0 Å². The second kappa shape index (κ2) is 6.71. The maximum absolute atomic E-state index is 11.2. The van der Waals surface area contributed by atoms with E-state index >= 15 is 0 Å². The van der Waals surface area contributed by atoms with Crippen LogP contribution in [0.3, 0.4) is 0 Å². The summed E-state index contributed by atoms with van der Waals surface area (Å²) in [6.07, 6.45) is 1.47. The molecule has 0 radical (unpaired) electrons. The molecule has 1 aromatic carbocycles. The van der Waals surface area contributed by atoms with Crippen LogP contribution in [0.15, 0.2) is 12.1 Å². The topological polar surface area (TPSA) is 29.5 Å². The number of hydrogen-bond donors (Lipinski definition) is 0. The van der Waals surface area contributed by atoms with Crippen molar-refractivity contribution in [2.45, 2.75) is 39.7 Å². The van der Waals surface area contributed by atoms with E-state index in [1.54, 1.807) is 14.0 Å². The highest BCUT2D eigenvalue weighted by atomic mass is 16.5. The number of nitrogens with zero attached hydrogens (tertiary/aromatic N) is 1. The van der Waals surface area contributed by atoms with E-state index < -0.39 is 0 Å². The lowest BCUT2D eigenvalue weighted by atomic mass is 9.96. The Kier molecular flexibility index (Phi) is 5.55. The van der Waals surface area contributed by atoms with E-state index in [9.17, 15) is 4.79 Å². The number of Topliss-reactive ketones (excluding diaryl/α,β-unsaturated/α-hetero) is 1. The van der Waals surface area contributed by atoms with E-state index in [0.717, 1.165) is 23.3 Å². The van der Waals surface area contributed by atoms with Crippen LogP contribution in [0.25, 0.3) is 0 Å². The lowest BCUT2D eigenvalue weighted by Crippen LogP contribution is -2.21. The molecule has 0 heterocycles. The van der Waals surface area contributed by atoms with Crippen molar-refractivity contribution in [3.8, 4) is 5.75 Å². The number of carbonyl (C=O) groups is 1. The summed E-state index contributed by atoms with van der Waals surface area (Å²) in [5.74, 6) is 1.20. The quantitative estimate of drug-likeness (QED) is 0.789. The Labute approximate surface area is 116 Å². The van der Waals surface area contributed by atoms with E-state index in [0.29, 0.717) is 6.42 Å². The first-order valence-electron chi connectivity index (χ1n) is 6.67. The van der Waals surface area contributed by atoms with Gasteiger partial charge in [-0.25, -0.2) is 0 Å². The number of aryl methyl sites for hydroxylation is 2. The predicted molar refractivity (Wildman–Crippen MR) is 78.8 cm³/mol. The van der Waals surface area contributed by atoms with Crippen LogP contribution < -0.4 is 4.74 Å². The summed E-state index contributed by atoms with van der Waals surface area (Å²) in [4.78, 5) is 13.4. The second-order valence-corrected chi connectivity index (χ2v) is 5.41. The molecule has 1 rings (SSSR count). The van der Waals surface area contributed by atoms with Crippen molar-refractivity contribution in [2.24, 2.45) is 0 Å². The van der Waals surface area contributed by atoms with Crippen LogP contribution in [0, 0.1) is 13.8 Å². The number of methoxy groups -OCH3 is 1. The molecule has 0 aliphatic rings. The molecule has 0 saturated heterocycles. The highest BCUT2D eigenvalue weighted by Crippen LogP contribution is 2.31. The maximum Gasteiger partial charge on any atom is 0.129 e. The summed E-state index contributed by atoms with van der Waals surface area (Å²) < 4.78 is 5.40. The Morgan fingerprint density at radius 2 is 1.79 bits per heavy atom. The minimum Gasteiger partial charge on any atom is -0.496 e. The Balaban J connectivity index is 3.06. The SMILES string of the molecule is COc1c(C)cc(C(CCC(C)=O)N(C)C)cc1C. The van der Waals surface area contributed by atoms with E-state index in [-0.39, 0.29) is 11.8 Å². The summed E-state index contributed by atoms with van der Waals surface area (Å²) in [6.45, 7) is 5.78. The van der Waals surface area contributed by atoms with Gasteiger partial charge in [0, 0.05) is 12.5 Å². The average Bonchev–Trinajstić information content (AvgIpc) is 2.27. The van der Waals surface area contributed by atoms with Crippen molar-refractivity contribution in [3.63, 3.8) is 0 Å². The van der Waals surface area contributed by atoms with Gasteiger partial charge in [0.2, 0.25) is 0 Å². The number of ether oxygens (including phenoxy) is 1. The zero-order valence-electron chi connectivity index (χ0n) is 12.9. The molecule has 1 unspecified atom stereocenters. The van der Waals surface area contributed by atoms with Crippen molar-refractivity contribution in [3.05, 3.63) is 28.8 Å². The van der Waals surface area contributed by atoms with Gasteiger partial charge >= 0.3 is 0 Å². The fraction of sp³-hybridized carbons (Fsp3) is 0.562. The fourth-order valence-corrected chi connectivity index (χ4v) is 2.56. The number of hydrogen-bond acceptors (Lipinski definition) is 3. The van der Waals surface area contributed by atoms with Crippen LogP contribution in [-0.4, -0.2) is 31.9 Å². The minimum atomic E-state index is 0.244. The van der Waals surface area contributed by atoms with Gasteiger partial charge in [-0.3, -0.25) is 0 Å². The van der Waals surface area contributed by atoms with Crippen LogP contribution >= 0.6 is 0 Å². The van der Waals surface area contributed by atoms with Gasteiger partial charge in [-0.2, -0.15) is 0 Å². The first-order chi connectivity index (χ1) is 8.86. The van der Waals surface area contributed by atoms with Crippen molar-refractivity contribution in [1.29, 1.82) is 0 Å². The first-order valence-corrected chi connectivity index (χ1v) is 6.67. The monoisotopic (exact) mass is 263 g/mol. The summed E-state index contributed by atoms with van der Waals surface area (Å²) in [5.41, 5.74) is 3.54. The summed E-state index contributed by atoms with van der Waals surface area (Å²) in [5, 5.41) is 0. The van der Waals surface area contributed by atoms with E-state index in [2.05, 4.69) is 45.0 Å². The number of ketones is 1. The molecular weight excluding hydrogens is 238 g/mol. The van der Waals surface area contributed by atoms with Gasteiger partial charge in [-0.05, 0) is 58.0 Å². The number of rotatable bonds is 6. The normalized spacial score (nSPS) is 12.6. The zero-order valence-corrected chi connectivity index (χ0v) is 12.9. The Morgan fingerprint density at radius 1 is 1.26 bits per heavy atom. The van der Waals surface area contributed by atoms with Crippen LogP contribution in [-0.2, 0) is 4.79 Å². The minimum absolute atomic E-state index is 0.244. The average molecular weight is 263 g/mol. The third-order valence-corrected chi connectivity index (χ3v) is 3.46. The molecule has 0 aliphatic carbocycles. The smallest absolute Gasteiger partial charge is 0.129 e. The van der Waals surface area contributed by atoms with E-state index in [1.165, 1.54) is 5.56 Å². The first kappa shape index (κ1) is 15.7. The van der Waals surface area contributed by atoms with Crippen LogP contribution in [0.4, 0.5) is 0 Å². The van der Waals surface area contributed by atoms with Crippen LogP contribution in [0.1, 0.15) is 42.5 Å². The second-order valence-electron chi connectivity index (χ2n) is 5.41.